The second-order valence-electron chi connectivity index (χ2n) is 7.39. The van der Waals surface area contributed by atoms with Crippen LogP contribution < -0.4 is 10.7 Å². The van der Waals surface area contributed by atoms with Crippen LogP contribution >= 0.6 is 11.8 Å². The fourth-order valence-corrected chi connectivity index (χ4v) is 4.32. The van der Waals surface area contributed by atoms with E-state index in [0.717, 1.165) is 16.8 Å². The zero-order valence-corrected chi connectivity index (χ0v) is 18.7. The Balaban J connectivity index is 1.42. The molecule has 2 heterocycles. The Kier molecular flexibility index (Phi) is 6.14. The number of imide groups is 1. The van der Waals surface area contributed by atoms with Gasteiger partial charge in [-0.05, 0) is 36.2 Å². The van der Waals surface area contributed by atoms with Gasteiger partial charge in [-0.1, -0.05) is 49.0 Å². The second kappa shape index (κ2) is 9.02. The van der Waals surface area contributed by atoms with E-state index in [1.165, 1.54) is 12.1 Å². The molecular formula is C22H21FN6O3S. The molecule has 1 fully saturated rings. The van der Waals surface area contributed by atoms with Crippen molar-refractivity contribution in [2.75, 3.05) is 5.75 Å². The number of benzene rings is 2. The van der Waals surface area contributed by atoms with E-state index in [2.05, 4.69) is 20.9 Å². The SMILES string of the molecule is CC[C@]1(c2ccccc2)NC(=O)N(NC(=O)CSc2nnc(-c3ccc(F)cc3)n2C)C1=O. The molecule has 3 aromatic rings. The first-order chi connectivity index (χ1) is 15.9. The van der Waals surface area contributed by atoms with Crippen molar-refractivity contribution in [1.82, 2.24) is 30.5 Å². The van der Waals surface area contributed by atoms with Crippen LogP contribution in [0.4, 0.5) is 9.18 Å². The molecule has 33 heavy (non-hydrogen) atoms. The monoisotopic (exact) mass is 468 g/mol. The van der Waals surface area contributed by atoms with Crippen molar-refractivity contribution < 1.29 is 18.8 Å². The van der Waals surface area contributed by atoms with Crippen molar-refractivity contribution in [2.24, 2.45) is 7.05 Å². The Labute approximate surface area is 193 Å². The van der Waals surface area contributed by atoms with Crippen molar-refractivity contribution in [3.63, 3.8) is 0 Å². The maximum Gasteiger partial charge on any atom is 0.344 e. The zero-order chi connectivity index (χ0) is 23.6. The van der Waals surface area contributed by atoms with Crippen molar-refractivity contribution in [3.8, 4) is 11.4 Å². The molecule has 1 aliphatic heterocycles. The Morgan fingerprint density at radius 3 is 2.48 bits per heavy atom. The summed E-state index contributed by atoms with van der Waals surface area (Å²) in [5.41, 5.74) is 2.48. The highest BCUT2D eigenvalue weighted by Crippen LogP contribution is 2.31. The standard InChI is InChI=1S/C22H21FN6O3S/c1-3-22(15-7-5-4-6-8-15)19(31)29(20(32)24-22)27-17(30)13-33-21-26-25-18(28(21)2)14-9-11-16(23)12-10-14/h4-12H,3,13H2,1-2H3,(H,24,32)(H,27,30)/t22-/m1/s1. The van der Waals surface area contributed by atoms with E-state index in [0.29, 0.717) is 28.5 Å². The van der Waals surface area contributed by atoms with Crippen LogP contribution in [0.1, 0.15) is 18.9 Å². The molecule has 0 unspecified atom stereocenters. The van der Waals surface area contributed by atoms with Crippen LogP contribution in [-0.2, 0) is 22.2 Å². The smallest absolute Gasteiger partial charge is 0.318 e. The second-order valence-corrected chi connectivity index (χ2v) is 8.33. The first kappa shape index (κ1) is 22.5. The van der Waals surface area contributed by atoms with Gasteiger partial charge in [0.1, 0.15) is 11.4 Å². The lowest BCUT2D eigenvalue weighted by molar-refractivity contribution is -0.138. The summed E-state index contributed by atoms with van der Waals surface area (Å²) in [6.45, 7) is 1.79. The van der Waals surface area contributed by atoms with Crippen LogP contribution in [0, 0.1) is 5.82 Å². The first-order valence-electron chi connectivity index (χ1n) is 10.2. The quantitative estimate of drug-likeness (QED) is 0.408. The molecule has 0 spiro atoms. The number of urea groups is 1. The number of carbonyl (C=O) groups excluding carboxylic acids is 3. The van der Waals surface area contributed by atoms with Crippen LogP contribution in [0.15, 0.2) is 59.8 Å². The lowest BCUT2D eigenvalue weighted by Crippen LogP contribution is -2.49. The van der Waals surface area contributed by atoms with E-state index >= 15 is 0 Å². The fourth-order valence-electron chi connectivity index (χ4n) is 3.62. The number of nitrogens with one attached hydrogen (secondary N) is 2. The van der Waals surface area contributed by atoms with Gasteiger partial charge in [0.25, 0.3) is 5.91 Å². The number of hydrogen-bond acceptors (Lipinski definition) is 6. The molecule has 1 saturated heterocycles. The molecule has 0 saturated carbocycles. The number of hydrazine groups is 1. The minimum absolute atomic E-state index is 0.100. The number of rotatable bonds is 7. The summed E-state index contributed by atoms with van der Waals surface area (Å²) in [6, 6.07) is 14.0. The van der Waals surface area contributed by atoms with Gasteiger partial charge in [-0.15, -0.1) is 10.2 Å². The average Bonchev–Trinajstić information content (AvgIpc) is 3.31. The average molecular weight is 469 g/mol. The van der Waals surface area contributed by atoms with E-state index in [9.17, 15) is 18.8 Å². The Hall–Kier alpha value is -3.73. The van der Waals surface area contributed by atoms with E-state index in [1.54, 1.807) is 54.9 Å². The lowest BCUT2D eigenvalue weighted by Gasteiger charge is -2.25. The third-order valence-corrected chi connectivity index (χ3v) is 6.41. The molecule has 0 bridgehead atoms. The normalized spacial score (nSPS) is 17.8. The predicted octanol–water partition coefficient (Wildman–Crippen LogP) is 2.60. The van der Waals surface area contributed by atoms with E-state index < -0.39 is 23.4 Å². The Morgan fingerprint density at radius 1 is 1.12 bits per heavy atom. The van der Waals surface area contributed by atoms with Crippen LogP contribution in [0.2, 0.25) is 0 Å². The summed E-state index contributed by atoms with van der Waals surface area (Å²) in [7, 11) is 1.73. The van der Waals surface area contributed by atoms with Crippen molar-refractivity contribution in [3.05, 3.63) is 66.0 Å². The number of carbonyl (C=O) groups is 3. The molecule has 4 rings (SSSR count). The van der Waals surface area contributed by atoms with Gasteiger partial charge in [0, 0.05) is 12.6 Å². The van der Waals surface area contributed by atoms with Crippen LogP contribution in [-0.4, -0.2) is 43.4 Å². The first-order valence-corrected chi connectivity index (χ1v) is 11.1. The number of aromatic nitrogens is 3. The van der Waals surface area contributed by atoms with Crippen molar-refractivity contribution >= 4 is 29.6 Å². The summed E-state index contributed by atoms with van der Waals surface area (Å²) in [4.78, 5) is 38.1. The van der Waals surface area contributed by atoms with Gasteiger partial charge in [-0.2, -0.15) is 5.01 Å². The topological polar surface area (TPSA) is 109 Å². The van der Waals surface area contributed by atoms with Gasteiger partial charge in [-0.3, -0.25) is 15.0 Å². The van der Waals surface area contributed by atoms with Gasteiger partial charge in [0.2, 0.25) is 5.91 Å². The molecule has 1 atom stereocenters. The molecule has 1 aliphatic rings. The Morgan fingerprint density at radius 2 is 1.82 bits per heavy atom. The van der Waals surface area contributed by atoms with E-state index in [1.807, 2.05) is 6.07 Å². The molecular weight excluding hydrogens is 447 g/mol. The van der Waals surface area contributed by atoms with Gasteiger partial charge in [0.15, 0.2) is 11.0 Å². The lowest BCUT2D eigenvalue weighted by atomic mass is 9.87. The van der Waals surface area contributed by atoms with Crippen LogP contribution in [0.3, 0.4) is 0 Å². The molecule has 11 heteroatoms. The van der Waals surface area contributed by atoms with Gasteiger partial charge in [-0.25, -0.2) is 9.18 Å². The summed E-state index contributed by atoms with van der Waals surface area (Å²) >= 11 is 1.10. The maximum absolute atomic E-state index is 13.2. The molecule has 9 nitrogen and oxygen atoms in total. The number of amides is 4. The number of halogens is 1. The molecule has 170 valence electrons. The highest BCUT2D eigenvalue weighted by Gasteiger charge is 2.52. The maximum atomic E-state index is 13.2. The predicted molar refractivity (Wildman–Crippen MR) is 119 cm³/mol. The fraction of sp³-hybridized carbons (Fsp3) is 0.227. The Bertz CT molecular complexity index is 1200. The number of nitrogens with zero attached hydrogens (tertiary/aromatic N) is 4. The minimum Gasteiger partial charge on any atom is -0.318 e. The van der Waals surface area contributed by atoms with Gasteiger partial charge in [0.05, 0.1) is 5.75 Å². The summed E-state index contributed by atoms with van der Waals surface area (Å²) in [5.74, 6) is -1.03. The summed E-state index contributed by atoms with van der Waals surface area (Å²) in [6.07, 6.45) is 0.327. The van der Waals surface area contributed by atoms with Gasteiger partial charge >= 0.3 is 6.03 Å². The summed E-state index contributed by atoms with van der Waals surface area (Å²) < 4.78 is 14.8. The largest absolute Gasteiger partial charge is 0.344 e. The molecule has 2 N–H and O–H groups in total. The molecule has 4 amide bonds. The zero-order valence-electron chi connectivity index (χ0n) is 17.9. The third kappa shape index (κ3) is 4.19. The van der Waals surface area contributed by atoms with Crippen LogP contribution in [0.25, 0.3) is 11.4 Å². The highest BCUT2D eigenvalue weighted by atomic mass is 32.2. The van der Waals surface area contributed by atoms with Crippen LogP contribution in [0.5, 0.6) is 0 Å². The molecule has 0 aliphatic carbocycles. The van der Waals surface area contributed by atoms with Gasteiger partial charge < -0.3 is 9.88 Å². The summed E-state index contributed by atoms with van der Waals surface area (Å²) in [5, 5.41) is 12.0. The third-order valence-electron chi connectivity index (χ3n) is 5.39. The molecule has 1 aromatic heterocycles. The molecule has 2 aromatic carbocycles. The highest BCUT2D eigenvalue weighted by molar-refractivity contribution is 7.99. The van der Waals surface area contributed by atoms with Crippen molar-refractivity contribution in [2.45, 2.75) is 24.0 Å². The van der Waals surface area contributed by atoms with E-state index in [-0.39, 0.29) is 11.6 Å². The molecule has 0 radical (unpaired) electrons. The minimum atomic E-state index is -1.23. The van der Waals surface area contributed by atoms with E-state index in [4.69, 9.17) is 0 Å². The number of hydrogen-bond donors (Lipinski definition) is 2. The van der Waals surface area contributed by atoms with Crippen molar-refractivity contribution in [1.29, 1.82) is 0 Å². The number of thioether (sulfide) groups is 1.